The normalized spacial score (nSPS) is 13.5. The summed E-state index contributed by atoms with van der Waals surface area (Å²) < 4.78 is 90.3. The molecule has 1 aliphatic heterocycles. The van der Waals surface area contributed by atoms with Gasteiger partial charge in [0.15, 0.2) is 17.3 Å². The quantitative estimate of drug-likeness (QED) is 0.395. The van der Waals surface area contributed by atoms with Crippen molar-refractivity contribution < 1.29 is 40.6 Å². The molecular formula is C21H13F6NO3. The molecule has 0 fully saturated rings. The molecule has 0 unspecified atom stereocenters. The lowest BCUT2D eigenvalue weighted by Gasteiger charge is -2.13. The van der Waals surface area contributed by atoms with Crippen LogP contribution in [0, 0.1) is 0 Å². The summed E-state index contributed by atoms with van der Waals surface area (Å²) in [5, 5.41) is 0. The Bertz CT molecular complexity index is 1110. The van der Waals surface area contributed by atoms with Crippen LogP contribution in [0.5, 0.6) is 11.5 Å². The Morgan fingerprint density at radius 3 is 2.13 bits per heavy atom. The Labute approximate surface area is 171 Å². The van der Waals surface area contributed by atoms with Crippen molar-refractivity contribution in [3.63, 3.8) is 0 Å². The molecular weight excluding hydrogens is 428 g/mol. The molecule has 0 amide bonds. The van der Waals surface area contributed by atoms with E-state index < -0.39 is 34.8 Å². The first-order chi connectivity index (χ1) is 14.5. The smallest absolute Gasteiger partial charge is 0.416 e. The van der Waals surface area contributed by atoms with Crippen LogP contribution in [0.3, 0.4) is 0 Å². The number of carbonyl (C=O) groups is 1. The highest BCUT2D eigenvalue weighted by Crippen LogP contribution is 2.37. The zero-order valence-corrected chi connectivity index (χ0v) is 15.6. The fourth-order valence-corrected chi connectivity index (χ4v) is 3.18. The maximum Gasteiger partial charge on any atom is 0.416 e. The van der Waals surface area contributed by atoms with Gasteiger partial charge in [-0.05, 0) is 42.0 Å². The van der Waals surface area contributed by atoms with Crippen LogP contribution in [0.1, 0.15) is 32.6 Å². The third-order valence-electron chi connectivity index (χ3n) is 4.66. The molecule has 0 aliphatic carbocycles. The van der Waals surface area contributed by atoms with E-state index in [1.807, 2.05) is 0 Å². The molecule has 0 radical (unpaired) electrons. The number of benzene rings is 2. The lowest BCUT2D eigenvalue weighted by Crippen LogP contribution is -2.13. The Balaban J connectivity index is 1.61. The molecule has 2 heterocycles. The minimum atomic E-state index is -5.03. The first-order valence-corrected chi connectivity index (χ1v) is 8.89. The van der Waals surface area contributed by atoms with E-state index in [1.165, 1.54) is 18.5 Å². The van der Waals surface area contributed by atoms with Gasteiger partial charge >= 0.3 is 12.4 Å². The van der Waals surface area contributed by atoms with Crippen LogP contribution in [0.4, 0.5) is 26.3 Å². The first kappa shape index (κ1) is 20.8. The van der Waals surface area contributed by atoms with E-state index in [4.69, 9.17) is 9.47 Å². The van der Waals surface area contributed by atoms with Crippen molar-refractivity contribution in [2.24, 2.45) is 0 Å². The minimum absolute atomic E-state index is 0.0123. The van der Waals surface area contributed by atoms with E-state index in [9.17, 15) is 31.1 Å². The fourth-order valence-electron chi connectivity index (χ4n) is 3.18. The van der Waals surface area contributed by atoms with Gasteiger partial charge in [-0.3, -0.25) is 4.79 Å². The number of ether oxygens (including phenoxy) is 2. The summed E-state index contributed by atoms with van der Waals surface area (Å²) >= 11 is 0. The van der Waals surface area contributed by atoms with E-state index in [1.54, 1.807) is 22.8 Å². The standard InChI is InChI=1S/C21H13F6NO3/c22-20(23,24)15-6-14(7-16(8-15)21(25,26)27)19(29)13-3-4-28(10-13)9-12-1-2-17-18(5-12)31-11-30-17/h1-8,10H,9,11H2. The maximum atomic E-state index is 13.0. The number of hydrogen-bond acceptors (Lipinski definition) is 3. The summed E-state index contributed by atoms with van der Waals surface area (Å²) in [4.78, 5) is 12.6. The predicted octanol–water partition coefficient (Wildman–Crippen LogP) is 5.53. The van der Waals surface area contributed by atoms with Gasteiger partial charge in [0.1, 0.15) is 0 Å². The zero-order valence-electron chi connectivity index (χ0n) is 15.6. The van der Waals surface area contributed by atoms with Crippen LogP contribution in [0.25, 0.3) is 0 Å². The molecule has 0 saturated carbocycles. The van der Waals surface area contributed by atoms with Gasteiger partial charge in [0, 0.05) is 30.1 Å². The summed E-state index contributed by atoms with van der Waals surface area (Å²) in [7, 11) is 0. The van der Waals surface area contributed by atoms with Gasteiger partial charge in [-0.15, -0.1) is 0 Å². The molecule has 4 nitrogen and oxygen atoms in total. The number of nitrogens with zero attached hydrogens (tertiary/aromatic N) is 1. The Morgan fingerprint density at radius 1 is 0.839 bits per heavy atom. The summed E-state index contributed by atoms with van der Waals surface area (Å²) in [5.74, 6) is 0.211. The number of hydrogen-bond donors (Lipinski definition) is 0. The third-order valence-corrected chi connectivity index (χ3v) is 4.66. The second-order valence-electron chi connectivity index (χ2n) is 6.88. The molecule has 0 bridgehead atoms. The van der Waals surface area contributed by atoms with Gasteiger partial charge in [0.2, 0.25) is 6.79 Å². The van der Waals surface area contributed by atoms with Crippen molar-refractivity contribution in [3.05, 3.63) is 82.7 Å². The van der Waals surface area contributed by atoms with Crippen molar-refractivity contribution in [2.75, 3.05) is 6.79 Å². The molecule has 0 saturated heterocycles. The Hall–Kier alpha value is -3.43. The fraction of sp³-hybridized carbons (Fsp3) is 0.190. The van der Waals surface area contributed by atoms with Crippen LogP contribution < -0.4 is 9.47 Å². The van der Waals surface area contributed by atoms with Crippen LogP contribution in [-0.4, -0.2) is 17.1 Å². The number of halogens is 6. The molecule has 1 aliphatic rings. The van der Waals surface area contributed by atoms with E-state index in [-0.39, 0.29) is 18.4 Å². The highest BCUT2D eigenvalue weighted by molar-refractivity contribution is 6.09. The molecule has 10 heteroatoms. The van der Waals surface area contributed by atoms with E-state index in [0.29, 0.717) is 30.2 Å². The van der Waals surface area contributed by atoms with Crippen molar-refractivity contribution in [1.29, 1.82) is 0 Å². The number of ketones is 1. The molecule has 162 valence electrons. The van der Waals surface area contributed by atoms with Crippen molar-refractivity contribution in [2.45, 2.75) is 18.9 Å². The van der Waals surface area contributed by atoms with Gasteiger partial charge < -0.3 is 14.0 Å². The lowest BCUT2D eigenvalue weighted by molar-refractivity contribution is -0.143. The average molecular weight is 441 g/mol. The molecule has 0 spiro atoms. The molecule has 0 N–H and O–H groups in total. The summed E-state index contributed by atoms with van der Waals surface area (Å²) in [5.41, 5.74) is -3.00. The Morgan fingerprint density at radius 2 is 1.48 bits per heavy atom. The van der Waals surface area contributed by atoms with Crippen LogP contribution in [-0.2, 0) is 18.9 Å². The monoisotopic (exact) mass is 441 g/mol. The summed E-state index contributed by atoms with van der Waals surface area (Å²) in [6.45, 7) is 0.415. The number of aromatic nitrogens is 1. The second kappa shape index (κ2) is 7.36. The van der Waals surface area contributed by atoms with Crippen LogP contribution in [0.15, 0.2) is 54.9 Å². The van der Waals surface area contributed by atoms with E-state index in [2.05, 4.69) is 0 Å². The molecule has 2 aromatic carbocycles. The largest absolute Gasteiger partial charge is 0.454 e. The highest BCUT2D eigenvalue weighted by Gasteiger charge is 2.37. The maximum absolute atomic E-state index is 13.0. The van der Waals surface area contributed by atoms with Gasteiger partial charge in [0.05, 0.1) is 11.1 Å². The molecule has 4 rings (SSSR count). The topological polar surface area (TPSA) is 40.5 Å². The van der Waals surface area contributed by atoms with E-state index >= 15 is 0 Å². The molecule has 3 aromatic rings. The number of carbonyl (C=O) groups excluding carboxylic acids is 1. The van der Waals surface area contributed by atoms with E-state index in [0.717, 1.165) is 5.56 Å². The average Bonchev–Trinajstić information content (AvgIpc) is 3.34. The van der Waals surface area contributed by atoms with Crippen molar-refractivity contribution >= 4 is 5.78 Å². The van der Waals surface area contributed by atoms with Gasteiger partial charge in [-0.1, -0.05) is 6.07 Å². The molecule has 1 aromatic heterocycles. The summed E-state index contributed by atoms with van der Waals surface area (Å²) in [6.07, 6.45) is -7.18. The number of fused-ring (bicyclic) bond motifs is 1. The van der Waals surface area contributed by atoms with Crippen LogP contribution in [0.2, 0.25) is 0 Å². The summed E-state index contributed by atoms with van der Waals surface area (Å²) in [6, 6.07) is 7.40. The van der Waals surface area contributed by atoms with Crippen molar-refractivity contribution in [3.8, 4) is 11.5 Å². The van der Waals surface area contributed by atoms with Crippen LogP contribution >= 0.6 is 0 Å². The zero-order chi connectivity index (χ0) is 22.4. The first-order valence-electron chi connectivity index (χ1n) is 8.89. The highest BCUT2D eigenvalue weighted by atomic mass is 19.4. The van der Waals surface area contributed by atoms with Crippen molar-refractivity contribution in [1.82, 2.24) is 4.57 Å². The minimum Gasteiger partial charge on any atom is -0.454 e. The molecule has 0 atom stereocenters. The van der Waals surface area contributed by atoms with Gasteiger partial charge in [-0.2, -0.15) is 26.3 Å². The SMILES string of the molecule is O=C(c1cc(C(F)(F)F)cc(C(F)(F)F)c1)c1ccn(Cc2ccc3c(c2)OCO3)c1. The second-order valence-corrected chi connectivity index (χ2v) is 6.88. The third kappa shape index (κ3) is 4.37. The lowest BCUT2D eigenvalue weighted by atomic mass is 9.99. The number of rotatable bonds is 4. The van der Waals surface area contributed by atoms with Gasteiger partial charge in [0.25, 0.3) is 0 Å². The predicted molar refractivity (Wildman–Crippen MR) is 96.0 cm³/mol. The Kier molecular flexibility index (Phi) is 4.95. The van der Waals surface area contributed by atoms with Gasteiger partial charge in [-0.25, -0.2) is 0 Å². The molecule has 31 heavy (non-hydrogen) atoms. The number of alkyl halides is 6.